The Labute approximate surface area is 120 Å². The molecule has 1 aromatic heterocycles. The second kappa shape index (κ2) is 6.72. The fourth-order valence-electron chi connectivity index (χ4n) is 1.59. The van der Waals surface area contributed by atoms with Crippen LogP contribution < -0.4 is 10.5 Å². The highest BCUT2D eigenvalue weighted by atomic mass is 32.1. The SMILES string of the molecule is N#Cc1c(F)cccc1OCc1sccc1C#CCN. The lowest BCUT2D eigenvalue weighted by atomic mass is 10.2. The first-order chi connectivity index (χ1) is 9.76. The first-order valence-electron chi connectivity index (χ1n) is 5.83. The third-order valence-electron chi connectivity index (χ3n) is 2.52. The number of nitriles is 1. The van der Waals surface area contributed by atoms with Crippen molar-refractivity contribution in [3.8, 4) is 23.7 Å². The molecule has 0 amide bonds. The lowest BCUT2D eigenvalue weighted by Gasteiger charge is -2.07. The maximum absolute atomic E-state index is 13.4. The Kier molecular flexibility index (Phi) is 4.73. The Balaban J connectivity index is 2.16. The van der Waals surface area contributed by atoms with Crippen LogP contribution in [0, 0.1) is 29.0 Å². The van der Waals surface area contributed by atoms with Gasteiger partial charge in [-0.15, -0.1) is 11.3 Å². The van der Waals surface area contributed by atoms with Crippen LogP contribution in [0.1, 0.15) is 16.0 Å². The fraction of sp³-hybridized carbons (Fsp3) is 0.133. The summed E-state index contributed by atoms with van der Waals surface area (Å²) in [5.74, 6) is 5.37. The summed E-state index contributed by atoms with van der Waals surface area (Å²) in [6, 6.07) is 7.99. The van der Waals surface area contributed by atoms with Crippen molar-refractivity contribution in [3.05, 3.63) is 51.5 Å². The summed E-state index contributed by atoms with van der Waals surface area (Å²) in [6.07, 6.45) is 0. The second-order valence-corrected chi connectivity index (χ2v) is 4.78. The number of nitrogens with two attached hydrogens (primary N) is 1. The van der Waals surface area contributed by atoms with Crippen LogP contribution in [0.3, 0.4) is 0 Å². The van der Waals surface area contributed by atoms with Gasteiger partial charge in [0.05, 0.1) is 11.4 Å². The molecule has 100 valence electrons. The summed E-state index contributed by atoms with van der Waals surface area (Å²) >= 11 is 1.49. The Morgan fingerprint density at radius 2 is 2.20 bits per heavy atom. The Hall–Kier alpha value is -2.34. The van der Waals surface area contributed by atoms with Gasteiger partial charge in [0.2, 0.25) is 0 Å². The van der Waals surface area contributed by atoms with E-state index < -0.39 is 5.82 Å². The van der Waals surface area contributed by atoms with E-state index in [0.717, 1.165) is 10.4 Å². The molecule has 1 aromatic carbocycles. The number of nitrogens with zero attached hydrogens (tertiary/aromatic N) is 1. The first-order valence-corrected chi connectivity index (χ1v) is 6.71. The Bertz CT molecular complexity index is 707. The second-order valence-electron chi connectivity index (χ2n) is 3.78. The molecular weight excluding hydrogens is 275 g/mol. The van der Waals surface area contributed by atoms with Crippen molar-refractivity contribution in [2.24, 2.45) is 5.73 Å². The number of hydrogen-bond acceptors (Lipinski definition) is 4. The highest BCUT2D eigenvalue weighted by Gasteiger charge is 2.10. The molecule has 0 saturated heterocycles. The van der Waals surface area contributed by atoms with E-state index in [1.165, 1.54) is 23.5 Å². The number of rotatable bonds is 3. The van der Waals surface area contributed by atoms with Crippen molar-refractivity contribution in [2.75, 3.05) is 6.54 Å². The zero-order chi connectivity index (χ0) is 14.4. The number of ether oxygens (including phenoxy) is 1. The zero-order valence-corrected chi connectivity index (χ0v) is 11.3. The standard InChI is InChI=1S/C15H11FN2OS/c16-13-4-1-5-14(12(13)9-18)19-10-15-11(3-2-7-17)6-8-20-15/h1,4-6,8H,7,10,17H2. The molecule has 0 aliphatic carbocycles. The minimum absolute atomic E-state index is 0.0846. The van der Waals surface area contributed by atoms with Crippen molar-refractivity contribution in [1.29, 1.82) is 5.26 Å². The summed E-state index contributed by atoms with van der Waals surface area (Å²) in [6.45, 7) is 0.531. The third-order valence-corrected chi connectivity index (χ3v) is 3.41. The molecule has 0 aliphatic heterocycles. The van der Waals surface area contributed by atoms with Crippen LogP contribution in [0.4, 0.5) is 4.39 Å². The monoisotopic (exact) mass is 286 g/mol. The third kappa shape index (κ3) is 3.16. The van der Waals surface area contributed by atoms with Gasteiger partial charge in [0.1, 0.15) is 29.8 Å². The molecule has 0 aliphatic rings. The van der Waals surface area contributed by atoms with Crippen LogP contribution in [0.5, 0.6) is 5.75 Å². The zero-order valence-electron chi connectivity index (χ0n) is 10.5. The van der Waals surface area contributed by atoms with Crippen molar-refractivity contribution in [3.63, 3.8) is 0 Å². The largest absolute Gasteiger partial charge is 0.487 e. The summed E-state index contributed by atoms with van der Waals surface area (Å²) in [5, 5.41) is 10.8. The summed E-state index contributed by atoms with van der Waals surface area (Å²) < 4.78 is 18.9. The minimum atomic E-state index is -0.584. The van der Waals surface area contributed by atoms with Crippen molar-refractivity contribution in [2.45, 2.75) is 6.61 Å². The van der Waals surface area contributed by atoms with Gasteiger partial charge in [-0.1, -0.05) is 17.9 Å². The van der Waals surface area contributed by atoms with Gasteiger partial charge in [-0.3, -0.25) is 0 Å². The molecule has 5 heteroatoms. The van der Waals surface area contributed by atoms with E-state index in [-0.39, 0.29) is 17.9 Å². The Morgan fingerprint density at radius 3 is 2.95 bits per heavy atom. The van der Waals surface area contributed by atoms with Gasteiger partial charge in [-0.25, -0.2) is 4.39 Å². The summed E-state index contributed by atoms with van der Waals surface area (Å²) in [7, 11) is 0. The van der Waals surface area contributed by atoms with E-state index >= 15 is 0 Å². The molecule has 0 saturated carbocycles. The van der Waals surface area contributed by atoms with Gasteiger partial charge >= 0.3 is 0 Å². The molecular formula is C15H11FN2OS. The molecule has 2 N–H and O–H groups in total. The molecule has 2 aromatic rings. The predicted molar refractivity (Wildman–Crippen MR) is 75.7 cm³/mol. The Morgan fingerprint density at radius 1 is 1.35 bits per heavy atom. The highest BCUT2D eigenvalue weighted by Crippen LogP contribution is 2.23. The molecule has 0 atom stereocenters. The molecule has 1 heterocycles. The molecule has 0 fully saturated rings. The van der Waals surface area contributed by atoms with E-state index in [1.54, 1.807) is 12.1 Å². The summed E-state index contributed by atoms with van der Waals surface area (Å²) in [5.41, 5.74) is 6.09. The maximum atomic E-state index is 13.4. The van der Waals surface area contributed by atoms with Crippen LogP contribution in [-0.4, -0.2) is 6.54 Å². The van der Waals surface area contributed by atoms with Crippen LogP contribution in [-0.2, 0) is 6.61 Å². The van der Waals surface area contributed by atoms with E-state index in [9.17, 15) is 4.39 Å². The van der Waals surface area contributed by atoms with Crippen molar-refractivity contribution in [1.82, 2.24) is 0 Å². The van der Waals surface area contributed by atoms with Gasteiger partial charge in [0, 0.05) is 5.56 Å². The number of thiophene rings is 1. The lowest BCUT2D eigenvalue weighted by Crippen LogP contribution is -1.99. The van der Waals surface area contributed by atoms with E-state index in [1.807, 2.05) is 11.4 Å². The van der Waals surface area contributed by atoms with E-state index in [0.29, 0.717) is 6.54 Å². The first kappa shape index (κ1) is 14.1. The molecule has 0 unspecified atom stereocenters. The average molecular weight is 286 g/mol. The highest BCUT2D eigenvalue weighted by molar-refractivity contribution is 7.10. The molecule has 0 radical (unpaired) electrons. The van der Waals surface area contributed by atoms with Crippen LogP contribution >= 0.6 is 11.3 Å². The molecule has 0 bridgehead atoms. The van der Waals surface area contributed by atoms with Crippen molar-refractivity contribution >= 4 is 11.3 Å². The van der Waals surface area contributed by atoms with Gasteiger partial charge in [0.15, 0.2) is 0 Å². The van der Waals surface area contributed by atoms with Crippen LogP contribution in [0.2, 0.25) is 0 Å². The maximum Gasteiger partial charge on any atom is 0.144 e. The normalized spacial score (nSPS) is 9.45. The van der Waals surface area contributed by atoms with Gasteiger partial charge in [-0.2, -0.15) is 5.26 Å². The molecule has 20 heavy (non-hydrogen) atoms. The van der Waals surface area contributed by atoms with E-state index in [2.05, 4.69) is 11.8 Å². The van der Waals surface area contributed by atoms with E-state index in [4.69, 9.17) is 15.7 Å². The quantitative estimate of drug-likeness (QED) is 0.882. The van der Waals surface area contributed by atoms with Gasteiger partial charge in [-0.05, 0) is 23.6 Å². The number of benzene rings is 1. The smallest absolute Gasteiger partial charge is 0.144 e. The fourth-order valence-corrected chi connectivity index (χ4v) is 2.33. The van der Waals surface area contributed by atoms with Crippen molar-refractivity contribution < 1.29 is 9.13 Å². The van der Waals surface area contributed by atoms with Crippen LogP contribution in [0.15, 0.2) is 29.6 Å². The number of halogens is 1. The van der Waals surface area contributed by atoms with Gasteiger partial charge in [0.25, 0.3) is 0 Å². The van der Waals surface area contributed by atoms with Crippen LogP contribution in [0.25, 0.3) is 0 Å². The summed E-state index contributed by atoms with van der Waals surface area (Å²) in [4.78, 5) is 0.916. The lowest BCUT2D eigenvalue weighted by molar-refractivity contribution is 0.307. The molecule has 0 spiro atoms. The molecule has 2 rings (SSSR count). The van der Waals surface area contributed by atoms with Gasteiger partial charge < -0.3 is 10.5 Å². The molecule has 3 nitrogen and oxygen atoms in total. The minimum Gasteiger partial charge on any atom is -0.487 e. The predicted octanol–water partition coefficient (Wildman–Crippen LogP) is 2.65. The number of hydrogen-bond donors (Lipinski definition) is 1. The average Bonchev–Trinajstić information content (AvgIpc) is 2.90. The topological polar surface area (TPSA) is 59.0 Å².